The van der Waals surface area contributed by atoms with Crippen LogP contribution in [-0.2, 0) is 5.41 Å². The zero-order valence-electron chi connectivity index (χ0n) is 27.7. The summed E-state index contributed by atoms with van der Waals surface area (Å²) in [6.45, 7) is 4.78. The van der Waals surface area contributed by atoms with Gasteiger partial charge in [0.25, 0.3) is 0 Å². The van der Waals surface area contributed by atoms with Crippen LogP contribution in [0.4, 0.5) is 0 Å². The Balaban J connectivity index is 1.21. The quantitative estimate of drug-likeness (QED) is 0.172. The second-order valence-electron chi connectivity index (χ2n) is 14.0. The minimum atomic E-state index is -0.113. The van der Waals surface area contributed by atoms with E-state index in [4.69, 9.17) is 0 Å². The molecule has 0 aromatic heterocycles. The number of fused-ring (bicyclic) bond motifs is 8. The summed E-state index contributed by atoms with van der Waals surface area (Å²) in [5.74, 6) is 0. The van der Waals surface area contributed by atoms with Gasteiger partial charge in [0, 0.05) is 5.41 Å². The Labute approximate surface area is 286 Å². The maximum atomic E-state index is 2.44. The highest BCUT2D eigenvalue weighted by Crippen LogP contribution is 2.54. The lowest BCUT2D eigenvalue weighted by Gasteiger charge is -2.23. The smallest absolute Gasteiger partial charge is 0.0159 e. The molecule has 0 amide bonds. The van der Waals surface area contributed by atoms with Gasteiger partial charge >= 0.3 is 0 Å². The van der Waals surface area contributed by atoms with Gasteiger partial charge in [-0.3, -0.25) is 0 Å². The number of hydrogen-bond donors (Lipinski definition) is 0. The summed E-state index contributed by atoms with van der Waals surface area (Å²) < 4.78 is 0. The molecule has 0 spiro atoms. The van der Waals surface area contributed by atoms with Gasteiger partial charge in [-0.2, -0.15) is 0 Å². The van der Waals surface area contributed by atoms with Crippen molar-refractivity contribution in [3.63, 3.8) is 0 Å². The van der Waals surface area contributed by atoms with Crippen LogP contribution in [0.25, 0.3) is 87.6 Å². The third-order valence-electron chi connectivity index (χ3n) is 11.0. The van der Waals surface area contributed by atoms with Gasteiger partial charge in [-0.15, -0.1) is 0 Å². The highest BCUT2D eigenvalue weighted by Gasteiger charge is 2.37. The molecule has 0 aliphatic heterocycles. The minimum Gasteiger partial charge on any atom is -0.0622 e. The maximum absolute atomic E-state index is 2.44. The lowest BCUT2D eigenvalue weighted by Crippen LogP contribution is -2.15. The predicted octanol–water partition coefficient (Wildman–Crippen LogP) is 13.6. The Hall–Kier alpha value is -5.98. The first-order valence-electron chi connectivity index (χ1n) is 17.3. The fraction of sp³-hybridized carbons (Fsp3) is 0.0612. The van der Waals surface area contributed by atoms with Gasteiger partial charge in [0.15, 0.2) is 0 Å². The monoisotopic (exact) mass is 622 g/mol. The Kier molecular flexibility index (Phi) is 6.02. The lowest BCUT2D eigenvalue weighted by atomic mass is 9.80. The van der Waals surface area contributed by atoms with E-state index in [1.165, 1.54) is 98.7 Å². The van der Waals surface area contributed by atoms with Crippen molar-refractivity contribution in [3.05, 3.63) is 181 Å². The van der Waals surface area contributed by atoms with Gasteiger partial charge in [-0.05, 0) is 111 Å². The van der Waals surface area contributed by atoms with Crippen LogP contribution in [0.2, 0.25) is 0 Å². The van der Waals surface area contributed by atoms with E-state index in [9.17, 15) is 0 Å². The lowest BCUT2D eigenvalue weighted by molar-refractivity contribution is 0.661. The molecule has 1 aliphatic rings. The third-order valence-corrected chi connectivity index (χ3v) is 11.0. The summed E-state index contributed by atoms with van der Waals surface area (Å²) in [6, 6.07) is 63.1. The minimum absolute atomic E-state index is 0.113. The van der Waals surface area contributed by atoms with Crippen LogP contribution < -0.4 is 0 Å². The molecule has 0 heteroatoms. The van der Waals surface area contributed by atoms with Crippen LogP contribution in [0, 0.1) is 0 Å². The number of hydrogen-bond acceptors (Lipinski definition) is 0. The zero-order chi connectivity index (χ0) is 32.7. The van der Waals surface area contributed by atoms with E-state index in [-0.39, 0.29) is 5.41 Å². The fourth-order valence-corrected chi connectivity index (χ4v) is 8.69. The van der Waals surface area contributed by atoms with Gasteiger partial charge in [0.2, 0.25) is 0 Å². The van der Waals surface area contributed by atoms with Crippen LogP contribution in [0.1, 0.15) is 25.0 Å². The van der Waals surface area contributed by atoms with Crippen molar-refractivity contribution in [3.8, 4) is 44.5 Å². The molecule has 9 aromatic carbocycles. The Bertz CT molecular complexity index is 2720. The first-order valence-corrected chi connectivity index (χ1v) is 17.3. The van der Waals surface area contributed by atoms with Crippen LogP contribution >= 0.6 is 0 Å². The van der Waals surface area contributed by atoms with Gasteiger partial charge in [0.1, 0.15) is 0 Å². The summed E-state index contributed by atoms with van der Waals surface area (Å²) in [4.78, 5) is 0. The Morgan fingerprint density at radius 2 is 0.878 bits per heavy atom. The van der Waals surface area contributed by atoms with Crippen molar-refractivity contribution in [1.29, 1.82) is 0 Å². The molecule has 0 saturated heterocycles. The van der Waals surface area contributed by atoms with E-state index in [0.717, 1.165) is 0 Å². The first-order chi connectivity index (χ1) is 24.1. The van der Waals surface area contributed by atoms with Crippen LogP contribution in [0.3, 0.4) is 0 Å². The maximum Gasteiger partial charge on any atom is 0.0159 e. The molecular formula is C49H34. The van der Waals surface area contributed by atoms with Crippen LogP contribution in [0.15, 0.2) is 170 Å². The molecule has 0 atom stereocenters. The molecule has 0 bridgehead atoms. The summed E-state index contributed by atoms with van der Waals surface area (Å²) in [5.41, 5.74) is 13.1. The van der Waals surface area contributed by atoms with E-state index >= 15 is 0 Å². The molecule has 10 rings (SSSR count). The van der Waals surface area contributed by atoms with Crippen molar-refractivity contribution in [2.24, 2.45) is 0 Å². The molecule has 49 heavy (non-hydrogen) atoms. The van der Waals surface area contributed by atoms with Crippen molar-refractivity contribution < 1.29 is 0 Å². The molecule has 0 nitrogen and oxygen atoms in total. The van der Waals surface area contributed by atoms with E-state index in [2.05, 4.69) is 184 Å². The second kappa shape index (κ2) is 10.5. The topological polar surface area (TPSA) is 0 Å². The standard InChI is InChI=1S/C49H34/c1-49(2)44-28-27-36-37(47-41-19-10-8-17-39(41)46(32-14-4-3-5-15-32)40-18-9-11-20-42(40)47)21-12-22-38(36)48(44)43-26-25-35(30-45(43)49)34-24-23-31-13-6-7-16-33(31)29-34/h3-30H,1-2H3. The normalized spacial score (nSPS) is 13.3. The van der Waals surface area contributed by atoms with E-state index in [1.807, 2.05) is 0 Å². The van der Waals surface area contributed by atoms with Crippen molar-refractivity contribution >= 4 is 43.1 Å². The highest BCUT2D eigenvalue weighted by molar-refractivity contribution is 6.24. The zero-order valence-corrected chi connectivity index (χ0v) is 27.7. The molecule has 0 N–H and O–H groups in total. The van der Waals surface area contributed by atoms with E-state index in [1.54, 1.807) is 0 Å². The molecule has 9 aromatic rings. The molecule has 0 fully saturated rings. The van der Waals surface area contributed by atoms with Gasteiger partial charge < -0.3 is 0 Å². The Morgan fingerprint density at radius 1 is 0.306 bits per heavy atom. The highest BCUT2D eigenvalue weighted by atomic mass is 14.4. The second-order valence-corrected chi connectivity index (χ2v) is 14.0. The SMILES string of the molecule is CC1(C)c2cc(-c3ccc4ccccc4c3)ccc2-c2c1ccc1c(-c3c4ccccc4c(-c4ccccc4)c4ccccc34)cccc21. The van der Waals surface area contributed by atoms with E-state index < -0.39 is 0 Å². The van der Waals surface area contributed by atoms with Crippen molar-refractivity contribution in [1.82, 2.24) is 0 Å². The molecule has 1 aliphatic carbocycles. The predicted molar refractivity (Wildman–Crippen MR) is 210 cm³/mol. The van der Waals surface area contributed by atoms with Crippen LogP contribution in [0.5, 0.6) is 0 Å². The summed E-state index contributed by atoms with van der Waals surface area (Å²) in [6.07, 6.45) is 0. The Morgan fingerprint density at radius 3 is 1.61 bits per heavy atom. The molecule has 230 valence electrons. The van der Waals surface area contributed by atoms with Gasteiger partial charge in [-0.1, -0.05) is 172 Å². The molecular weight excluding hydrogens is 589 g/mol. The van der Waals surface area contributed by atoms with E-state index in [0.29, 0.717) is 0 Å². The number of benzene rings is 9. The molecule has 0 radical (unpaired) electrons. The molecule has 0 heterocycles. The molecule has 0 unspecified atom stereocenters. The summed E-state index contributed by atoms with van der Waals surface area (Å²) >= 11 is 0. The third kappa shape index (κ3) is 4.11. The molecule has 0 saturated carbocycles. The summed E-state index contributed by atoms with van der Waals surface area (Å²) in [5, 5.41) is 10.3. The van der Waals surface area contributed by atoms with Crippen LogP contribution in [-0.4, -0.2) is 0 Å². The van der Waals surface area contributed by atoms with Crippen molar-refractivity contribution in [2.45, 2.75) is 19.3 Å². The average Bonchev–Trinajstić information content (AvgIpc) is 3.39. The fourth-order valence-electron chi connectivity index (χ4n) is 8.69. The van der Waals surface area contributed by atoms with Gasteiger partial charge in [-0.25, -0.2) is 0 Å². The van der Waals surface area contributed by atoms with Crippen molar-refractivity contribution in [2.75, 3.05) is 0 Å². The van der Waals surface area contributed by atoms with Gasteiger partial charge in [0.05, 0.1) is 0 Å². The first kappa shape index (κ1) is 28.1. The number of rotatable bonds is 3. The average molecular weight is 623 g/mol. The summed E-state index contributed by atoms with van der Waals surface area (Å²) in [7, 11) is 0. The largest absolute Gasteiger partial charge is 0.0622 e.